The number of benzene rings is 4. The van der Waals surface area contributed by atoms with Crippen LogP contribution in [0.1, 0.15) is 37.0 Å². The lowest BCUT2D eigenvalue weighted by molar-refractivity contribution is -0.140. The molecular formula is C37H43N3O6S. The molecule has 0 aromatic heterocycles. The molecule has 248 valence electrons. The first-order valence-electron chi connectivity index (χ1n) is 15.6. The Morgan fingerprint density at radius 2 is 1.43 bits per heavy atom. The van der Waals surface area contributed by atoms with E-state index in [4.69, 9.17) is 9.47 Å². The van der Waals surface area contributed by atoms with E-state index < -0.39 is 28.5 Å². The zero-order valence-corrected chi connectivity index (χ0v) is 28.4. The predicted octanol–water partition coefficient (Wildman–Crippen LogP) is 5.76. The van der Waals surface area contributed by atoms with Crippen molar-refractivity contribution in [2.75, 3.05) is 25.1 Å². The lowest BCUT2D eigenvalue weighted by Gasteiger charge is -2.34. The Balaban J connectivity index is 1.83. The number of nitrogens with zero attached hydrogens (tertiary/aromatic N) is 2. The molecule has 2 atom stereocenters. The Hall–Kier alpha value is -4.83. The van der Waals surface area contributed by atoms with Gasteiger partial charge in [-0.15, -0.1) is 0 Å². The number of amides is 2. The van der Waals surface area contributed by atoms with E-state index in [2.05, 4.69) is 5.32 Å². The Morgan fingerprint density at radius 3 is 2.06 bits per heavy atom. The predicted molar refractivity (Wildman–Crippen MR) is 184 cm³/mol. The molecule has 10 heteroatoms. The molecule has 0 radical (unpaired) electrons. The van der Waals surface area contributed by atoms with E-state index in [9.17, 15) is 18.0 Å². The first kappa shape index (κ1) is 35.0. The highest BCUT2D eigenvalue weighted by Gasteiger charge is 2.35. The van der Waals surface area contributed by atoms with Crippen molar-refractivity contribution < 1.29 is 27.5 Å². The van der Waals surface area contributed by atoms with Crippen molar-refractivity contribution >= 4 is 27.5 Å². The van der Waals surface area contributed by atoms with E-state index in [0.29, 0.717) is 17.9 Å². The lowest BCUT2D eigenvalue weighted by Crippen LogP contribution is -2.54. The van der Waals surface area contributed by atoms with Crippen LogP contribution < -0.4 is 19.1 Å². The number of anilines is 1. The van der Waals surface area contributed by atoms with Gasteiger partial charge in [0.25, 0.3) is 10.0 Å². The Labute approximate surface area is 278 Å². The van der Waals surface area contributed by atoms with Crippen molar-refractivity contribution in [1.29, 1.82) is 0 Å². The average Bonchev–Trinajstić information content (AvgIpc) is 3.09. The highest BCUT2D eigenvalue weighted by atomic mass is 32.2. The molecule has 0 aliphatic carbocycles. The van der Waals surface area contributed by atoms with Gasteiger partial charge in [0.2, 0.25) is 11.8 Å². The first-order chi connectivity index (χ1) is 22.5. The van der Waals surface area contributed by atoms with Gasteiger partial charge in [-0.1, -0.05) is 73.2 Å². The van der Waals surface area contributed by atoms with Crippen LogP contribution in [0.4, 0.5) is 5.69 Å². The molecule has 4 rings (SSSR count). The summed E-state index contributed by atoms with van der Waals surface area (Å²) >= 11 is 0. The Morgan fingerprint density at radius 1 is 0.809 bits per heavy atom. The monoisotopic (exact) mass is 657 g/mol. The fourth-order valence-electron chi connectivity index (χ4n) is 5.09. The summed E-state index contributed by atoms with van der Waals surface area (Å²) in [5.41, 5.74) is 2.73. The third-order valence-electron chi connectivity index (χ3n) is 7.99. The smallest absolute Gasteiger partial charge is 0.264 e. The van der Waals surface area contributed by atoms with Crippen LogP contribution in [0.3, 0.4) is 0 Å². The summed E-state index contributed by atoms with van der Waals surface area (Å²) < 4.78 is 40.4. The molecule has 0 heterocycles. The molecule has 0 aliphatic rings. The Bertz CT molecular complexity index is 1750. The summed E-state index contributed by atoms with van der Waals surface area (Å²) in [6.07, 6.45) is 0.925. The number of ether oxygens (including phenoxy) is 2. The number of rotatable bonds is 15. The minimum absolute atomic E-state index is 0.0356. The maximum atomic E-state index is 14.6. The van der Waals surface area contributed by atoms with Crippen LogP contribution in [0.15, 0.2) is 108 Å². The topological polar surface area (TPSA) is 105 Å². The van der Waals surface area contributed by atoms with Gasteiger partial charge in [-0.25, -0.2) is 8.42 Å². The van der Waals surface area contributed by atoms with Crippen LogP contribution in [0.5, 0.6) is 11.5 Å². The van der Waals surface area contributed by atoms with Gasteiger partial charge in [0.05, 0.1) is 24.8 Å². The number of carbonyl (C=O) groups is 2. The molecule has 0 saturated carbocycles. The highest BCUT2D eigenvalue weighted by molar-refractivity contribution is 7.92. The molecule has 0 spiro atoms. The zero-order valence-electron chi connectivity index (χ0n) is 27.6. The van der Waals surface area contributed by atoms with Gasteiger partial charge < -0.3 is 19.7 Å². The number of methoxy groups -OCH3 is 2. The minimum Gasteiger partial charge on any atom is -0.497 e. The van der Waals surface area contributed by atoms with Crippen LogP contribution in [0.2, 0.25) is 0 Å². The third kappa shape index (κ3) is 9.13. The fourth-order valence-corrected chi connectivity index (χ4v) is 6.50. The van der Waals surface area contributed by atoms with E-state index in [1.807, 2.05) is 63.2 Å². The lowest BCUT2D eigenvalue weighted by atomic mass is 10.0. The molecule has 9 nitrogen and oxygen atoms in total. The zero-order chi connectivity index (χ0) is 34.0. The first-order valence-corrected chi connectivity index (χ1v) is 17.0. The number of nitrogens with one attached hydrogen (secondary N) is 1. The third-order valence-corrected chi connectivity index (χ3v) is 9.78. The normalized spacial score (nSPS) is 12.4. The van der Waals surface area contributed by atoms with Crippen LogP contribution >= 0.6 is 0 Å². The number of hydrogen-bond acceptors (Lipinski definition) is 6. The van der Waals surface area contributed by atoms with Gasteiger partial charge in [-0.2, -0.15) is 0 Å². The second kappa shape index (κ2) is 16.1. The summed E-state index contributed by atoms with van der Waals surface area (Å²) in [7, 11) is -1.18. The van der Waals surface area contributed by atoms with Crippen molar-refractivity contribution in [1.82, 2.24) is 10.2 Å². The summed E-state index contributed by atoms with van der Waals surface area (Å²) in [6, 6.07) is 28.7. The van der Waals surface area contributed by atoms with E-state index in [1.54, 1.807) is 55.6 Å². The molecule has 0 aliphatic heterocycles. The molecule has 4 aromatic rings. The van der Waals surface area contributed by atoms with Crippen LogP contribution in [0.25, 0.3) is 0 Å². The van der Waals surface area contributed by atoms with Crippen LogP contribution in [-0.4, -0.2) is 58.0 Å². The second-order valence-corrected chi connectivity index (χ2v) is 13.3. The van der Waals surface area contributed by atoms with Crippen LogP contribution in [0, 0.1) is 6.92 Å². The molecule has 1 N–H and O–H groups in total. The van der Waals surface area contributed by atoms with Crippen molar-refractivity contribution in [3.05, 3.63) is 120 Å². The van der Waals surface area contributed by atoms with Gasteiger partial charge in [0.1, 0.15) is 24.1 Å². The van der Waals surface area contributed by atoms with Gasteiger partial charge >= 0.3 is 0 Å². The molecule has 47 heavy (non-hydrogen) atoms. The largest absolute Gasteiger partial charge is 0.497 e. The molecule has 0 unspecified atom stereocenters. The average molecular weight is 658 g/mol. The number of aryl methyl sites for hydroxylation is 1. The molecule has 0 fully saturated rings. The van der Waals surface area contributed by atoms with Gasteiger partial charge in [-0.05, 0) is 67.8 Å². The number of sulfonamides is 1. The maximum Gasteiger partial charge on any atom is 0.264 e. The fraction of sp³-hybridized carbons (Fsp3) is 0.297. The molecular weight excluding hydrogens is 614 g/mol. The quantitative estimate of drug-likeness (QED) is 0.174. The summed E-state index contributed by atoms with van der Waals surface area (Å²) in [4.78, 5) is 30.1. The number of carbonyl (C=O) groups excluding carboxylic acids is 2. The van der Waals surface area contributed by atoms with Crippen molar-refractivity contribution in [3.63, 3.8) is 0 Å². The molecule has 0 saturated heterocycles. The Kier molecular flexibility index (Phi) is 12.0. The SMILES string of the molecule is CC[C@H](C)NC(=O)[C@@H](Cc1ccccc1)N(Cc1cccc(OC)c1)C(=O)CN(c1cccc(OC)c1)S(=O)(=O)c1ccc(C)cc1. The van der Waals surface area contributed by atoms with Crippen molar-refractivity contribution in [3.8, 4) is 11.5 Å². The minimum atomic E-state index is -4.23. The molecule has 0 bridgehead atoms. The summed E-state index contributed by atoms with van der Waals surface area (Å²) in [5, 5.41) is 3.05. The highest BCUT2D eigenvalue weighted by Crippen LogP contribution is 2.28. The molecule has 2 amide bonds. The maximum absolute atomic E-state index is 14.6. The van der Waals surface area contributed by atoms with E-state index >= 15 is 0 Å². The second-order valence-electron chi connectivity index (χ2n) is 11.4. The van der Waals surface area contributed by atoms with Crippen LogP contribution in [-0.2, 0) is 32.6 Å². The van der Waals surface area contributed by atoms with Gasteiger partial charge in [0.15, 0.2) is 0 Å². The summed E-state index contributed by atoms with van der Waals surface area (Å²) in [5.74, 6) is 0.154. The molecule has 4 aromatic carbocycles. The van der Waals surface area contributed by atoms with E-state index in [1.165, 1.54) is 24.1 Å². The van der Waals surface area contributed by atoms with E-state index in [0.717, 1.165) is 21.0 Å². The van der Waals surface area contributed by atoms with Gasteiger partial charge in [0, 0.05) is 25.1 Å². The summed E-state index contributed by atoms with van der Waals surface area (Å²) in [6.45, 7) is 5.23. The standard InChI is InChI=1S/C37H43N3O6S/c1-6-28(3)38-37(42)35(23-29-12-8-7-9-13-29)39(25-30-14-10-16-32(22-30)45-4)36(41)26-40(31-15-11-17-33(24-31)46-5)47(43,44)34-20-18-27(2)19-21-34/h7-22,24,28,35H,6,23,25-26H2,1-5H3,(H,38,42)/t28-,35+/m0/s1. The van der Waals surface area contributed by atoms with Crippen molar-refractivity contribution in [2.24, 2.45) is 0 Å². The van der Waals surface area contributed by atoms with E-state index in [-0.39, 0.29) is 35.5 Å². The van der Waals surface area contributed by atoms with Gasteiger partial charge in [-0.3, -0.25) is 13.9 Å². The number of hydrogen-bond donors (Lipinski definition) is 1. The van der Waals surface area contributed by atoms with Crippen molar-refractivity contribution in [2.45, 2.75) is 57.1 Å².